The minimum atomic E-state index is -0.374. The minimum absolute atomic E-state index is 0.374. The maximum absolute atomic E-state index is 9.72. The first-order valence-electron chi connectivity index (χ1n) is 6.70. The summed E-state index contributed by atoms with van der Waals surface area (Å²) in [7, 11) is 0. The van der Waals surface area contributed by atoms with Crippen LogP contribution in [0.1, 0.15) is 50.7 Å². The van der Waals surface area contributed by atoms with Gasteiger partial charge < -0.3 is 10.0 Å². The van der Waals surface area contributed by atoms with Crippen molar-refractivity contribution in [3.05, 3.63) is 23.9 Å². The zero-order chi connectivity index (χ0) is 12.1. The molecule has 0 spiro atoms. The lowest BCUT2D eigenvalue weighted by atomic mass is 10.1. The van der Waals surface area contributed by atoms with Gasteiger partial charge in [0.1, 0.15) is 5.82 Å². The van der Waals surface area contributed by atoms with E-state index in [1.54, 1.807) is 0 Å². The highest BCUT2D eigenvalue weighted by Crippen LogP contribution is 2.20. The van der Waals surface area contributed by atoms with Crippen molar-refractivity contribution < 1.29 is 5.11 Å². The summed E-state index contributed by atoms with van der Waals surface area (Å²) < 4.78 is 0. The largest absolute Gasteiger partial charge is 0.388 e. The predicted octanol–water partition coefficient (Wildman–Crippen LogP) is 2.91. The van der Waals surface area contributed by atoms with Gasteiger partial charge in [0, 0.05) is 19.3 Å². The van der Waals surface area contributed by atoms with Crippen LogP contribution in [0.15, 0.2) is 18.3 Å². The quantitative estimate of drug-likeness (QED) is 0.873. The van der Waals surface area contributed by atoms with E-state index in [9.17, 15) is 5.11 Å². The van der Waals surface area contributed by atoms with E-state index in [1.807, 2.05) is 25.3 Å². The third kappa shape index (κ3) is 3.19. The molecule has 1 atom stereocenters. The van der Waals surface area contributed by atoms with Crippen molar-refractivity contribution in [3.63, 3.8) is 0 Å². The Labute approximate surface area is 103 Å². The fourth-order valence-electron chi connectivity index (χ4n) is 2.32. The molecule has 0 bridgehead atoms. The molecular formula is C14H22N2O. The normalized spacial score (nSPS) is 18.8. The van der Waals surface area contributed by atoms with Crippen LogP contribution in [0.25, 0.3) is 0 Å². The van der Waals surface area contributed by atoms with Gasteiger partial charge in [-0.1, -0.05) is 25.8 Å². The van der Waals surface area contributed by atoms with Crippen LogP contribution in [0.3, 0.4) is 0 Å². The van der Waals surface area contributed by atoms with E-state index < -0.39 is 0 Å². The zero-order valence-electron chi connectivity index (χ0n) is 10.6. The average molecular weight is 234 g/mol. The van der Waals surface area contributed by atoms with Crippen LogP contribution in [-0.2, 0) is 0 Å². The maximum atomic E-state index is 9.72. The number of pyridine rings is 1. The molecule has 0 aromatic carbocycles. The summed E-state index contributed by atoms with van der Waals surface area (Å²) >= 11 is 0. The lowest BCUT2D eigenvalue weighted by molar-refractivity contribution is 0.173. The topological polar surface area (TPSA) is 36.4 Å². The number of anilines is 1. The Balaban J connectivity index is 2.05. The first kappa shape index (κ1) is 12.4. The summed E-state index contributed by atoms with van der Waals surface area (Å²) in [6.07, 6.45) is 7.38. The predicted molar refractivity (Wildman–Crippen MR) is 70.2 cm³/mol. The molecule has 0 radical (unpaired) electrons. The lowest BCUT2D eigenvalue weighted by Gasteiger charge is -2.21. The second-order valence-corrected chi connectivity index (χ2v) is 4.78. The van der Waals surface area contributed by atoms with Crippen molar-refractivity contribution in [2.45, 2.75) is 45.1 Å². The second-order valence-electron chi connectivity index (χ2n) is 4.78. The molecule has 2 heterocycles. The molecule has 1 N–H and O–H groups in total. The lowest BCUT2D eigenvalue weighted by Crippen LogP contribution is -2.24. The van der Waals surface area contributed by atoms with Gasteiger partial charge in [-0.3, -0.25) is 0 Å². The zero-order valence-corrected chi connectivity index (χ0v) is 10.6. The SMILES string of the molecule is CC[C@@H](O)c1ccc(N2CCCCCC2)nc1. The van der Waals surface area contributed by atoms with Crippen LogP contribution in [0.4, 0.5) is 5.82 Å². The molecule has 3 nitrogen and oxygen atoms in total. The van der Waals surface area contributed by atoms with Crippen LogP contribution in [0.5, 0.6) is 0 Å². The van der Waals surface area contributed by atoms with Crippen molar-refractivity contribution in [1.29, 1.82) is 0 Å². The van der Waals surface area contributed by atoms with Crippen molar-refractivity contribution in [2.24, 2.45) is 0 Å². The summed E-state index contributed by atoms with van der Waals surface area (Å²) in [5.41, 5.74) is 0.922. The second kappa shape index (κ2) is 6.01. The van der Waals surface area contributed by atoms with Gasteiger partial charge in [-0.2, -0.15) is 0 Å². The first-order valence-corrected chi connectivity index (χ1v) is 6.70. The Kier molecular flexibility index (Phi) is 4.37. The monoisotopic (exact) mass is 234 g/mol. The van der Waals surface area contributed by atoms with Crippen molar-refractivity contribution in [3.8, 4) is 0 Å². The standard InChI is InChI=1S/C14H22N2O/c1-2-13(17)12-7-8-14(15-11-12)16-9-5-3-4-6-10-16/h7-8,11,13,17H,2-6,9-10H2,1H3/t13-/m1/s1. The van der Waals surface area contributed by atoms with Crippen LogP contribution < -0.4 is 4.90 Å². The maximum Gasteiger partial charge on any atom is 0.128 e. The van der Waals surface area contributed by atoms with Crippen LogP contribution >= 0.6 is 0 Å². The average Bonchev–Trinajstić information content (AvgIpc) is 2.67. The first-order chi connectivity index (χ1) is 8.31. The van der Waals surface area contributed by atoms with E-state index in [4.69, 9.17) is 0 Å². The van der Waals surface area contributed by atoms with Crippen molar-refractivity contribution in [2.75, 3.05) is 18.0 Å². The van der Waals surface area contributed by atoms with E-state index in [1.165, 1.54) is 25.7 Å². The van der Waals surface area contributed by atoms with Gasteiger partial charge >= 0.3 is 0 Å². The highest BCUT2D eigenvalue weighted by atomic mass is 16.3. The number of aliphatic hydroxyl groups is 1. The van der Waals surface area contributed by atoms with E-state index >= 15 is 0 Å². The summed E-state index contributed by atoms with van der Waals surface area (Å²) in [6.45, 7) is 4.21. The van der Waals surface area contributed by atoms with Gasteiger partial charge in [-0.25, -0.2) is 4.98 Å². The molecule has 1 fully saturated rings. The van der Waals surface area contributed by atoms with Crippen molar-refractivity contribution >= 4 is 5.82 Å². The Bertz CT molecular complexity index is 329. The van der Waals surface area contributed by atoms with Crippen molar-refractivity contribution in [1.82, 2.24) is 4.98 Å². The fourth-order valence-corrected chi connectivity index (χ4v) is 2.32. The van der Waals surface area contributed by atoms with Gasteiger partial charge in [-0.15, -0.1) is 0 Å². The number of nitrogens with zero attached hydrogens (tertiary/aromatic N) is 2. The summed E-state index contributed by atoms with van der Waals surface area (Å²) in [5, 5.41) is 9.72. The molecule has 1 saturated heterocycles. The molecule has 0 aliphatic carbocycles. The highest BCUT2D eigenvalue weighted by molar-refractivity contribution is 5.39. The fraction of sp³-hybridized carbons (Fsp3) is 0.643. The smallest absolute Gasteiger partial charge is 0.128 e. The Morgan fingerprint density at radius 2 is 1.94 bits per heavy atom. The van der Waals surface area contributed by atoms with Crippen LogP contribution in [0, 0.1) is 0 Å². The molecule has 94 valence electrons. The van der Waals surface area contributed by atoms with E-state index in [0.29, 0.717) is 0 Å². The van der Waals surface area contributed by atoms with E-state index in [-0.39, 0.29) is 6.10 Å². The van der Waals surface area contributed by atoms with Gasteiger partial charge in [-0.05, 0) is 30.9 Å². The molecule has 0 amide bonds. The summed E-state index contributed by atoms with van der Waals surface area (Å²) in [5.74, 6) is 1.05. The van der Waals surface area contributed by atoms with Gasteiger partial charge in [0.15, 0.2) is 0 Å². The summed E-state index contributed by atoms with van der Waals surface area (Å²) in [4.78, 5) is 6.84. The van der Waals surface area contributed by atoms with Gasteiger partial charge in [0.05, 0.1) is 6.10 Å². The third-order valence-corrected chi connectivity index (χ3v) is 3.47. The van der Waals surface area contributed by atoms with Gasteiger partial charge in [0.25, 0.3) is 0 Å². The third-order valence-electron chi connectivity index (χ3n) is 3.47. The number of hydrogen-bond acceptors (Lipinski definition) is 3. The Morgan fingerprint density at radius 3 is 2.47 bits per heavy atom. The highest BCUT2D eigenvalue weighted by Gasteiger charge is 2.11. The molecule has 1 aromatic heterocycles. The molecular weight excluding hydrogens is 212 g/mol. The molecule has 1 aromatic rings. The van der Waals surface area contributed by atoms with E-state index in [2.05, 4.69) is 9.88 Å². The number of aliphatic hydroxyl groups excluding tert-OH is 1. The molecule has 2 rings (SSSR count). The van der Waals surface area contributed by atoms with Crippen LogP contribution in [-0.4, -0.2) is 23.2 Å². The minimum Gasteiger partial charge on any atom is -0.388 e. The number of aromatic nitrogens is 1. The number of hydrogen-bond donors (Lipinski definition) is 1. The molecule has 3 heteroatoms. The summed E-state index contributed by atoms with van der Waals surface area (Å²) in [6, 6.07) is 4.04. The number of rotatable bonds is 3. The van der Waals surface area contributed by atoms with Gasteiger partial charge in [0.2, 0.25) is 0 Å². The van der Waals surface area contributed by atoms with Crippen LogP contribution in [0.2, 0.25) is 0 Å². The Morgan fingerprint density at radius 1 is 1.24 bits per heavy atom. The molecule has 0 unspecified atom stereocenters. The molecule has 1 aliphatic rings. The molecule has 17 heavy (non-hydrogen) atoms. The molecule has 0 saturated carbocycles. The van der Waals surface area contributed by atoms with E-state index in [0.717, 1.165) is 30.9 Å². The Hall–Kier alpha value is -1.09. The molecule has 1 aliphatic heterocycles.